The molecule has 0 saturated heterocycles. The maximum atomic E-state index is 6.14. The molecular weight excluding hydrogens is 208 g/mol. The number of pyridine rings is 1. The summed E-state index contributed by atoms with van der Waals surface area (Å²) in [4.78, 5) is 4.46. The van der Waals surface area contributed by atoms with Crippen molar-refractivity contribution in [3.63, 3.8) is 0 Å². The monoisotopic (exact) mass is 220 g/mol. The zero-order chi connectivity index (χ0) is 10.8. The molecule has 1 aromatic heterocycles. The molecule has 0 amide bonds. The van der Waals surface area contributed by atoms with E-state index >= 15 is 0 Å². The molecule has 2 rings (SSSR count). The lowest BCUT2D eigenvalue weighted by Crippen LogP contribution is -1.98. The Labute approximate surface area is 94.3 Å². The first kappa shape index (κ1) is 10.2. The lowest BCUT2D eigenvalue weighted by atomic mass is 10.1. The molecular formula is C12H13ClN2. The molecule has 0 aliphatic heterocycles. The maximum absolute atomic E-state index is 6.14. The Morgan fingerprint density at radius 1 is 1.33 bits per heavy atom. The van der Waals surface area contributed by atoms with Gasteiger partial charge in [-0.2, -0.15) is 0 Å². The van der Waals surface area contributed by atoms with E-state index in [-0.39, 0.29) is 0 Å². The van der Waals surface area contributed by atoms with Crippen LogP contribution in [0.3, 0.4) is 0 Å². The molecule has 0 atom stereocenters. The van der Waals surface area contributed by atoms with E-state index in [1.807, 2.05) is 32.0 Å². The minimum Gasteiger partial charge on any atom is -0.370 e. The zero-order valence-electron chi connectivity index (χ0n) is 8.84. The number of halogens is 1. The van der Waals surface area contributed by atoms with Crippen molar-refractivity contribution in [2.75, 3.05) is 11.9 Å². The fourth-order valence-electron chi connectivity index (χ4n) is 1.61. The van der Waals surface area contributed by atoms with Crippen LogP contribution in [0, 0.1) is 6.92 Å². The number of aryl methyl sites for hydroxylation is 1. The summed E-state index contributed by atoms with van der Waals surface area (Å²) >= 11 is 6.14. The van der Waals surface area contributed by atoms with Gasteiger partial charge in [0.05, 0.1) is 10.5 Å². The third-order valence-corrected chi connectivity index (χ3v) is 2.54. The topological polar surface area (TPSA) is 24.9 Å². The smallest absolute Gasteiger partial charge is 0.126 e. The molecule has 0 unspecified atom stereocenters. The second-order valence-corrected chi connectivity index (χ2v) is 3.95. The molecule has 1 heterocycles. The average molecular weight is 221 g/mol. The number of nitrogens with zero attached hydrogens (tertiary/aromatic N) is 1. The second kappa shape index (κ2) is 4.07. The van der Waals surface area contributed by atoms with Gasteiger partial charge in [-0.25, -0.2) is 4.98 Å². The summed E-state index contributed by atoms with van der Waals surface area (Å²) in [6.07, 6.45) is 0. The first-order valence-electron chi connectivity index (χ1n) is 5.01. The van der Waals surface area contributed by atoms with Crippen molar-refractivity contribution in [3.05, 3.63) is 34.9 Å². The summed E-state index contributed by atoms with van der Waals surface area (Å²) in [6.45, 7) is 4.94. The number of anilines is 1. The molecule has 2 nitrogen and oxygen atoms in total. The van der Waals surface area contributed by atoms with Crippen LogP contribution >= 0.6 is 11.6 Å². The van der Waals surface area contributed by atoms with Crippen LogP contribution in [0.4, 0.5) is 5.82 Å². The van der Waals surface area contributed by atoms with Gasteiger partial charge in [0.25, 0.3) is 0 Å². The van der Waals surface area contributed by atoms with Crippen molar-refractivity contribution >= 4 is 28.3 Å². The van der Waals surface area contributed by atoms with Crippen LogP contribution in [0.5, 0.6) is 0 Å². The van der Waals surface area contributed by atoms with Gasteiger partial charge in [0.1, 0.15) is 5.82 Å². The quantitative estimate of drug-likeness (QED) is 0.836. The normalized spacial score (nSPS) is 10.6. The van der Waals surface area contributed by atoms with Gasteiger partial charge in [0, 0.05) is 11.9 Å². The van der Waals surface area contributed by atoms with Gasteiger partial charge in [-0.3, -0.25) is 0 Å². The Bertz CT molecular complexity index is 494. The summed E-state index contributed by atoms with van der Waals surface area (Å²) in [6, 6.07) is 8.04. The maximum Gasteiger partial charge on any atom is 0.126 e. The Kier molecular flexibility index (Phi) is 2.78. The third-order valence-electron chi connectivity index (χ3n) is 2.25. The largest absolute Gasteiger partial charge is 0.370 e. The Balaban J connectivity index is 2.60. The van der Waals surface area contributed by atoms with Crippen molar-refractivity contribution in [3.8, 4) is 0 Å². The summed E-state index contributed by atoms with van der Waals surface area (Å²) in [5, 5.41) is 4.97. The first-order valence-corrected chi connectivity index (χ1v) is 5.39. The first-order chi connectivity index (χ1) is 7.20. The van der Waals surface area contributed by atoms with E-state index < -0.39 is 0 Å². The molecule has 0 bridgehead atoms. The van der Waals surface area contributed by atoms with E-state index in [2.05, 4.69) is 16.4 Å². The fraction of sp³-hybridized carbons (Fsp3) is 0.250. The van der Waals surface area contributed by atoms with Gasteiger partial charge in [-0.15, -0.1) is 0 Å². The third kappa shape index (κ3) is 2.05. The van der Waals surface area contributed by atoms with Crippen LogP contribution in [-0.2, 0) is 0 Å². The van der Waals surface area contributed by atoms with E-state index in [0.717, 1.165) is 28.8 Å². The van der Waals surface area contributed by atoms with Crippen LogP contribution in [0.1, 0.15) is 12.5 Å². The number of nitrogens with one attached hydrogen (secondary N) is 1. The highest BCUT2D eigenvalue weighted by molar-refractivity contribution is 6.35. The van der Waals surface area contributed by atoms with Gasteiger partial charge in [-0.05, 0) is 43.7 Å². The molecule has 0 fully saturated rings. The van der Waals surface area contributed by atoms with Crippen molar-refractivity contribution in [2.45, 2.75) is 13.8 Å². The number of fused-ring (bicyclic) bond motifs is 1. The number of rotatable bonds is 2. The van der Waals surface area contributed by atoms with Crippen LogP contribution < -0.4 is 5.32 Å². The lowest BCUT2D eigenvalue weighted by Gasteiger charge is -2.06. The Morgan fingerprint density at radius 3 is 2.87 bits per heavy atom. The van der Waals surface area contributed by atoms with Crippen LogP contribution in [0.2, 0.25) is 5.02 Å². The number of aromatic nitrogens is 1. The predicted octanol–water partition coefficient (Wildman–Crippen LogP) is 3.63. The predicted molar refractivity (Wildman–Crippen MR) is 65.7 cm³/mol. The molecule has 1 aromatic carbocycles. The van der Waals surface area contributed by atoms with E-state index in [9.17, 15) is 0 Å². The molecule has 0 aliphatic rings. The Hall–Kier alpha value is -1.28. The fourth-order valence-corrected chi connectivity index (χ4v) is 1.94. The van der Waals surface area contributed by atoms with E-state index in [4.69, 9.17) is 11.6 Å². The van der Waals surface area contributed by atoms with Crippen molar-refractivity contribution in [2.24, 2.45) is 0 Å². The van der Waals surface area contributed by atoms with Crippen molar-refractivity contribution < 1.29 is 0 Å². The lowest BCUT2D eigenvalue weighted by molar-refractivity contribution is 1.17. The summed E-state index contributed by atoms with van der Waals surface area (Å²) < 4.78 is 0. The van der Waals surface area contributed by atoms with E-state index in [1.165, 1.54) is 0 Å². The highest BCUT2D eigenvalue weighted by Gasteiger charge is 2.02. The van der Waals surface area contributed by atoms with E-state index in [1.54, 1.807) is 0 Å². The number of hydrogen-bond donors (Lipinski definition) is 1. The highest BCUT2D eigenvalue weighted by Crippen LogP contribution is 2.24. The molecule has 78 valence electrons. The van der Waals surface area contributed by atoms with Crippen LogP contribution in [-0.4, -0.2) is 11.5 Å². The molecule has 15 heavy (non-hydrogen) atoms. The number of hydrogen-bond acceptors (Lipinski definition) is 2. The van der Waals surface area contributed by atoms with Crippen molar-refractivity contribution in [1.82, 2.24) is 4.98 Å². The molecule has 1 N–H and O–H groups in total. The van der Waals surface area contributed by atoms with Crippen molar-refractivity contribution in [1.29, 1.82) is 0 Å². The summed E-state index contributed by atoms with van der Waals surface area (Å²) in [7, 11) is 0. The molecule has 0 saturated carbocycles. The zero-order valence-corrected chi connectivity index (χ0v) is 9.60. The summed E-state index contributed by atoms with van der Waals surface area (Å²) in [5.74, 6) is 0.871. The van der Waals surface area contributed by atoms with Gasteiger partial charge >= 0.3 is 0 Å². The standard InChI is InChI=1S/C12H13ClN2/c1-3-14-11-5-4-9-6-8(2)7-10(13)12(9)15-11/h4-7H,3H2,1-2H3,(H,14,15). The molecule has 0 spiro atoms. The molecule has 0 aliphatic carbocycles. The minimum absolute atomic E-state index is 0.713. The van der Waals surface area contributed by atoms with Gasteiger partial charge < -0.3 is 5.32 Å². The Morgan fingerprint density at radius 2 is 2.13 bits per heavy atom. The minimum atomic E-state index is 0.713. The SMILES string of the molecule is CCNc1ccc2cc(C)cc(Cl)c2n1. The molecule has 0 radical (unpaired) electrons. The second-order valence-electron chi connectivity index (χ2n) is 3.55. The van der Waals surface area contributed by atoms with E-state index in [0.29, 0.717) is 5.02 Å². The highest BCUT2D eigenvalue weighted by atomic mass is 35.5. The van der Waals surface area contributed by atoms with Gasteiger partial charge in [0.15, 0.2) is 0 Å². The van der Waals surface area contributed by atoms with Crippen LogP contribution in [0.15, 0.2) is 24.3 Å². The molecule has 2 aromatic rings. The van der Waals surface area contributed by atoms with Gasteiger partial charge in [0.2, 0.25) is 0 Å². The van der Waals surface area contributed by atoms with Gasteiger partial charge in [-0.1, -0.05) is 11.6 Å². The number of benzene rings is 1. The average Bonchev–Trinajstić information content (AvgIpc) is 2.19. The van der Waals surface area contributed by atoms with Crippen LogP contribution in [0.25, 0.3) is 10.9 Å². The molecule has 3 heteroatoms. The summed E-state index contributed by atoms with van der Waals surface area (Å²) in [5.41, 5.74) is 2.02.